The zero-order valence-electron chi connectivity index (χ0n) is 14.6. The van der Waals surface area contributed by atoms with Crippen molar-refractivity contribution in [2.45, 2.75) is 6.92 Å². The van der Waals surface area contributed by atoms with Crippen molar-refractivity contribution in [1.29, 1.82) is 0 Å². The highest BCUT2D eigenvalue weighted by atomic mass is 15.0. The Labute approximate surface area is 153 Å². The van der Waals surface area contributed by atoms with Gasteiger partial charge < -0.3 is 5.32 Å². The average molecular weight is 337 g/mol. The molecule has 0 radical (unpaired) electrons. The molecule has 0 unspecified atom stereocenters. The Morgan fingerprint density at radius 3 is 1.96 bits per heavy atom. The highest BCUT2D eigenvalue weighted by Gasteiger charge is 2.09. The van der Waals surface area contributed by atoms with Gasteiger partial charge in [0, 0.05) is 22.9 Å². The molecule has 0 amide bonds. The molecular weight excluding hydrogens is 318 g/mol. The van der Waals surface area contributed by atoms with Gasteiger partial charge in [0.25, 0.3) is 0 Å². The van der Waals surface area contributed by atoms with Crippen LogP contribution in [0.3, 0.4) is 0 Å². The maximum Gasteiger partial charge on any atom is 0.162 e. The SMILES string of the molecule is Cc1ccccc1Nc1cc(-c2ccccc2)nc(-c2ccccc2)n1. The monoisotopic (exact) mass is 337 g/mol. The van der Waals surface area contributed by atoms with Crippen LogP contribution < -0.4 is 5.32 Å². The quantitative estimate of drug-likeness (QED) is 0.506. The van der Waals surface area contributed by atoms with Gasteiger partial charge >= 0.3 is 0 Å². The molecule has 4 rings (SSSR count). The van der Waals surface area contributed by atoms with E-state index in [1.54, 1.807) is 0 Å². The molecule has 26 heavy (non-hydrogen) atoms. The van der Waals surface area contributed by atoms with E-state index < -0.39 is 0 Å². The van der Waals surface area contributed by atoms with Crippen molar-refractivity contribution in [3.63, 3.8) is 0 Å². The van der Waals surface area contributed by atoms with Crippen molar-refractivity contribution in [3.8, 4) is 22.6 Å². The van der Waals surface area contributed by atoms with Crippen LogP contribution in [0.5, 0.6) is 0 Å². The van der Waals surface area contributed by atoms with Gasteiger partial charge in [-0.25, -0.2) is 9.97 Å². The summed E-state index contributed by atoms with van der Waals surface area (Å²) in [6, 6.07) is 30.4. The fraction of sp³-hybridized carbons (Fsp3) is 0.0435. The van der Waals surface area contributed by atoms with Gasteiger partial charge in [-0.2, -0.15) is 0 Å². The predicted octanol–water partition coefficient (Wildman–Crippen LogP) is 5.86. The van der Waals surface area contributed by atoms with Crippen molar-refractivity contribution in [1.82, 2.24) is 9.97 Å². The maximum atomic E-state index is 4.79. The highest BCUT2D eigenvalue weighted by molar-refractivity contribution is 5.70. The van der Waals surface area contributed by atoms with E-state index in [4.69, 9.17) is 9.97 Å². The van der Waals surface area contributed by atoms with Crippen LogP contribution in [0.15, 0.2) is 91.0 Å². The number of nitrogens with one attached hydrogen (secondary N) is 1. The molecule has 1 heterocycles. The Balaban J connectivity index is 1.82. The van der Waals surface area contributed by atoms with Crippen LogP contribution in [0.4, 0.5) is 11.5 Å². The summed E-state index contributed by atoms with van der Waals surface area (Å²) < 4.78 is 0. The summed E-state index contributed by atoms with van der Waals surface area (Å²) in [5.74, 6) is 1.50. The first-order valence-corrected chi connectivity index (χ1v) is 8.62. The fourth-order valence-electron chi connectivity index (χ4n) is 2.84. The van der Waals surface area contributed by atoms with E-state index in [-0.39, 0.29) is 0 Å². The third kappa shape index (κ3) is 3.47. The smallest absolute Gasteiger partial charge is 0.162 e. The van der Waals surface area contributed by atoms with Gasteiger partial charge in [0.1, 0.15) is 5.82 Å². The zero-order valence-corrected chi connectivity index (χ0v) is 14.6. The number of aromatic nitrogens is 2. The summed E-state index contributed by atoms with van der Waals surface area (Å²) >= 11 is 0. The largest absolute Gasteiger partial charge is 0.340 e. The van der Waals surface area contributed by atoms with E-state index in [0.29, 0.717) is 5.82 Å². The number of rotatable bonds is 4. The number of para-hydroxylation sites is 1. The molecule has 1 aromatic heterocycles. The molecule has 4 aromatic rings. The van der Waals surface area contributed by atoms with Crippen molar-refractivity contribution in [3.05, 3.63) is 96.6 Å². The molecule has 0 atom stereocenters. The summed E-state index contributed by atoms with van der Waals surface area (Å²) in [7, 11) is 0. The Morgan fingerprint density at radius 1 is 0.654 bits per heavy atom. The van der Waals surface area contributed by atoms with Crippen molar-refractivity contribution >= 4 is 11.5 Å². The molecule has 1 N–H and O–H groups in total. The normalized spacial score (nSPS) is 10.5. The fourth-order valence-corrected chi connectivity index (χ4v) is 2.84. The molecule has 0 aliphatic rings. The molecule has 0 bridgehead atoms. The second-order valence-electron chi connectivity index (χ2n) is 6.13. The van der Waals surface area contributed by atoms with E-state index in [1.807, 2.05) is 66.7 Å². The minimum Gasteiger partial charge on any atom is -0.340 e. The van der Waals surface area contributed by atoms with E-state index in [0.717, 1.165) is 28.3 Å². The highest BCUT2D eigenvalue weighted by Crippen LogP contribution is 2.26. The summed E-state index contributed by atoms with van der Waals surface area (Å²) in [6.45, 7) is 2.08. The summed E-state index contributed by atoms with van der Waals surface area (Å²) in [5, 5.41) is 3.44. The molecule has 0 fully saturated rings. The number of hydrogen-bond donors (Lipinski definition) is 1. The Bertz CT molecular complexity index is 954. The van der Waals surface area contributed by atoms with Gasteiger partial charge in [-0.1, -0.05) is 78.9 Å². The number of hydrogen-bond acceptors (Lipinski definition) is 3. The van der Waals surface area contributed by atoms with Crippen molar-refractivity contribution < 1.29 is 0 Å². The van der Waals surface area contributed by atoms with Gasteiger partial charge in [-0.3, -0.25) is 0 Å². The average Bonchev–Trinajstić information content (AvgIpc) is 2.71. The lowest BCUT2D eigenvalue weighted by Crippen LogP contribution is -2.00. The first-order valence-electron chi connectivity index (χ1n) is 8.62. The van der Waals surface area contributed by atoms with Crippen LogP contribution >= 0.6 is 0 Å². The third-order valence-corrected chi connectivity index (χ3v) is 4.24. The second-order valence-corrected chi connectivity index (χ2v) is 6.13. The summed E-state index contributed by atoms with van der Waals surface area (Å²) in [5.41, 5.74) is 5.19. The van der Waals surface area contributed by atoms with Gasteiger partial charge in [0.2, 0.25) is 0 Å². The van der Waals surface area contributed by atoms with E-state index in [1.165, 1.54) is 5.56 Å². The molecule has 0 saturated carbocycles. The van der Waals surface area contributed by atoms with E-state index in [2.05, 4.69) is 36.5 Å². The van der Waals surface area contributed by atoms with Crippen molar-refractivity contribution in [2.75, 3.05) is 5.32 Å². The zero-order chi connectivity index (χ0) is 17.8. The third-order valence-electron chi connectivity index (χ3n) is 4.24. The first-order chi connectivity index (χ1) is 12.8. The molecule has 0 spiro atoms. The lowest BCUT2D eigenvalue weighted by Gasteiger charge is -2.12. The lowest BCUT2D eigenvalue weighted by molar-refractivity contribution is 1.18. The molecule has 3 nitrogen and oxygen atoms in total. The number of anilines is 2. The molecule has 0 aliphatic heterocycles. The molecule has 0 saturated heterocycles. The number of benzene rings is 3. The first kappa shape index (κ1) is 16.0. The standard InChI is InChI=1S/C23H19N3/c1-17-10-8-9-15-20(17)24-22-16-21(18-11-4-2-5-12-18)25-23(26-22)19-13-6-3-7-14-19/h2-16H,1H3,(H,24,25,26). The van der Waals surface area contributed by atoms with Crippen LogP contribution in [0.1, 0.15) is 5.56 Å². The van der Waals surface area contributed by atoms with Crippen LogP contribution in [0.25, 0.3) is 22.6 Å². The molecule has 126 valence electrons. The number of nitrogens with zero attached hydrogens (tertiary/aromatic N) is 2. The van der Waals surface area contributed by atoms with Crippen LogP contribution in [0.2, 0.25) is 0 Å². The van der Waals surface area contributed by atoms with Gasteiger partial charge in [0.05, 0.1) is 5.69 Å². The Morgan fingerprint density at radius 2 is 1.27 bits per heavy atom. The topological polar surface area (TPSA) is 37.8 Å². The van der Waals surface area contributed by atoms with E-state index >= 15 is 0 Å². The van der Waals surface area contributed by atoms with Crippen LogP contribution in [0, 0.1) is 6.92 Å². The number of aryl methyl sites for hydroxylation is 1. The molecule has 0 aliphatic carbocycles. The van der Waals surface area contributed by atoms with E-state index in [9.17, 15) is 0 Å². The Hall–Kier alpha value is -3.46. The summed E-state index contributed by atoms with van der Waals surface area (Å²) in [6.07, 6.45) is 0. The second kappa shape index (κ2) is 7.19. The minimum absolute atomic E-state index is 0.711. The molecule has 3 aromatic carbocycles. The van der Waals surface area contributed by atoms with Crippen LogP contribution in [-0.4, -0.2) is 9.97 Å². The molecule has 3 heteroatoms. The lowest BCUT2D eigenvalue weighted by atomic mass is 10.1. The molecular formula is C23H19N3. The maximum absolute atomic E-state index is 4.79. The minimum atomic E-state index is 0.711. The van der Waals surface area contributed by atoms with Gasteiger partial charge in [-0.05, 0) is 18.6 Å². The summed E-state index contributed by atoms with van der Waals surface area (Å²) in [4.78, 5) is 9.53. The van der Waals surface area contributed by atoms with Crippen LogP contribution in [-0.2, 0) is 0 Å². The predicted molar refractivity (Wildman–Crippen MR) is 107 cm³/mol. The van der Waals surface area contributed by atoms with Crippen molar-refractivity contribution in [2.24, 2.45) is 0 Å². The van der Waals surface area contributed by atoms with Gasteiger partial charge in [0.15, 0.2) is 5.82 Å². The van der Waals surface area contributed by atoms with Gasteiger partial charge in [-0.15, -0.1) is 0 Å². The Kier molecular flexibility index (Phi) is 4.44.